The third-order valence-electron chi connectivity index (χ3n) is 6.61. The number of likely N-dealkylation sites (N-methyl/N-ethyl adjacent to an activating group) is 1. The van der Waals surface area contributed by atoms with E-state index in [1.54, 1.807) is 19.2 Å². The highest BCUT2D eigenvalue weighted by Gasteiger charge is 2.42. The number of rotatable bonds is 6. The van der Waals surface area contributed by atoms with Gasteiger partial charge in [0.15, 0.2) is 0 Å². The van der Waals surface area contributed by atoms with Crippen molar-refractivity contribution in [2.75, 3.05) is 25.0 Å². The molecule has 8 nitrogen and oxygen atoms in total. The average molecular weight is 465 g/mol. The molecule has 2 aromatic carbocycles. The van der Waals surface area contributed by atoms with E-state index in [2.05, 4.69) is 10.6 Å². The zero-order valence-corrected chi connectivity index (χ0v) is 19.4. The molecule has 3 amide bonds. The van der Waals surface area contributed by atoms with E-state index in [-0.39, 0.29) is 30.8 Å². The predicted octanol–water partition coefficient (Wildman–Crippen LogP) is 1.61. The van der Waals surface area contributed by atoms with Gasteiger partial charge in [0.1, 0.15) is 12.1 Å². The molecule has 2 saturated heterocycles. The summed E-state index contributed by atoms with van der Waals surface area (Å²) in [6, 6.07) is 16.2. The van der Waals surface area contributed by atoms with Crippen LogP contribution in [0.1, 0.15) is 37.3 Å². The summed E-state index contributed by atoms with van der Waals surface area (Å²) < 4.78 is 0. The van der Waals surface area contributed by atoms with Crippen LogP contribution in [0, 0.1) is 0 Å². The van der Waals surface area contributed by atoms with Crippen LogP contribution in [0.5, 0.6) is 0 Å². The first kappa shape index (κ1) is 23.9. The van der Waals surface area contributed by atoms with Gasteiger partial charge in [0.2, 0.25) is 11.8 Å². The highest BCUT2D eigenvalue weighted by atomic mass is 16.3. The number of hydrogen-bond acceptors (Lipinski definition) is 5. The molecule has 0 aliphatic carbocycles. The molecule has 2 aromatic rings. The van der Waals surface area contributed by atoms with Gasteiger partial charge in [0.25, 0.3) is 5.91 Å². The first-order chi connectivity index (χ1) is 16.5. The summed E-state index contributed by atoms with van der Waals surface area (Å²) in [4.78, 5) is 43.0. The fourth-order valence-corrected chi connectivity index (χ4v) is 4.71. The number of nitrogens with zero attached hydrogens (tertiary/aromatic N) is 2. The number of aliphatic hydroxyl groups excluding tert-OH is 1. The Morgan fingerprint density at radius 3 is 2.38 bits per heavy atom. The van der Waals surface area contributed by atoms with Crippen LogP contribution in [0.3, 0.4) is 0 Å². The number of nitrogens with one attached hydrogen (secondary N) is 2. The van der Waals surface area contributed by atoms with E-state index in [0.29, 0.717) is 17.7 Å². The number of hydrogen-bond donors (Lipinski definition) is 3. The number of para-hydroxylation sites is 1. The highest BCUT2D eigenvalue weighted by Crippen LogP contribution is 2.24. The fraction of sp³-hybridized carbons (Fsp3) is 0.423. The van der Waals surface area contributed by atoms with Crippen LogP contribution in [0.15, 0.2) is 60.7 Å². The van der Waals surface area contributed by atoms with Crippen molar-refractivity contribution in [3.05, 3.63) is 66.2 Å². The Hall–Kier alpha value is -3.23. The molecule has 0 saturated carbocycles. The van der Waals surface area contributed by atoms with E-state index in [4.69, 9.17) is 0 Å². The second kappa shape index (κ2) is 10.8. The second-order valence-electron chi connectivity index (χ2n) is 8.98. The molecule has 0 bridgehead atoms. The smallest absolute Gasteiger partial charge is 0.253 e. The van der Waals surface area contributed by atoms with Gasteiger partial charge in [-0.1, -0.05) is 55.0 Å². The number of piperidine rings is 1. The van der Waals surface area contributed by atoms with Crippen molar-refractivity contribution in [1.29, 1.82) is 0 Å². The third kappa shape index (κ3) is 5.29. The molecule has 0 spiro atoms. The van der Waals surface area contributed by atoms with Crippen molar-refractivity contribution in [2.45, 2.75) is 49.9 Å². The van der Waals surface area contributed by atoms with Crippen LogP contribution in [0.4, 0.5) is 5.69 Å². The molecule has 2 aliphatic heterocycles. The van der Waals surface area contributed by atoms with Gasteiger partial charge in [-0.2, -0.15) is 0 Å². The number of β-amino-alcohol motifs (C(OH)–C–C–N with tert-alkyl or cyclic N) is 1. The molecule has 0 unspecified atom stereocenters. The van der Waals surface area contributed by atoms with E-state index in [9.17, 15) is 19.5 Å². The molecule has 34 heavy (non-hydrogen) atoms. The van der Waals surface area contributed by atoms with Crippen molar-refractivity contribution in [3.63, 3.8) is 0 Å². The minimum atomic E-state index is -0.929. The van der Waals surface area contributed by atoms with Gasteiger partial charge in [-0.3, -0.25) is 14.4 Å². The molecular formula is C26H32N4O4. The Kier molecular flexibility index (Phi) is 7.59. The normalized spacial score (nSPS) is 23.2. The van der Waals surface area contributed by atoms with Crippen LogP contribution < -0.4 is 15.5 Å². The molecule has 8 heteroatoms. The quantitative estimate of drug-likeness (QED) is 0.603. The van der Waals surface area contributed by atoms with E-state index in [1.165, 1.54) is 9.80 Å². The van der Waals surface area contributed by atoms with Crippen LogP contribution in [-0.2, 0) is 14.4 Å². The lowest BCUT2D eigenvalue weighted by molar-refractivity contribution is -0.141. The van der Waals surface area contributed by atoms with Gasteiger partial charge in [-0.05, 0) is 37.1 Å². The number of likely N-dealkylation sites (tertiary alicyclic amines) is 1. The second-order valence-corrected chi connectivity index (χ2v) is 8.98. The van der Waals surface area contributed by atoms with Crippen LogP contribution in [-0.4, -0.2) is 66.1 Å². The molecule has 0 radical (unpaired) electrons. The Labute approximate surface area is 199 Å². The molecule has 2 aliphatic rings. The van der Waals surface area contributed by atoms with Crippen molar-refractivity contribution in [3.8, 4) is 0 Å². The van der Waals surface area contributed by atoms with Crippen molar-refractivity contribution in [1.82, 2.24) is 15.5 Å². The molecule has 2 heterocycles. The lowest BCUT2D eigenvalue weighted by atomic mass is 10.0. The zero-order valence-electron chi connectivity index (χ0n) is 19.4. The average Bonchev–Trinajstić information content (AvgIpc) is 3.29. The first-order valence-electron chi connectivity index (χ1n) is 11.9. The Balaban J connectivity index is 1.55. The SMILES string of the molecule is CN(C(=O)[C@@H](NC(=O)[C@@H]1C[C@@H](O)CN1C(=O)[C@@H]1CCCCN1)c1ccccc1)c1ccccc1. The van der Waals surface area contributed by atoms with Gasteiger partial charge in [0.05, 0.1) is 12.1 Å². The monoisotopic (exact) mass is 464 g/mol. The molecule has 4 rings (SSSR count). The summed E-state index contributed by atoms with van der Waals surface area (Å²) in [6.45, 7) is 0.878. The predicted molar refractivity (Wildman–Crippen MR) is 129 cm³/mol. The number of anilines is 1. The lowest BCUT2D eigenvalue weighted by Gasteiger charge is -2.32. The molecule has 4 atom stereocenters. The lowest BCUT2D eigenvalue weighted by Crippen LogP contribution is -2.54. The van der Waals surface area contributed by atoms with Crippen LogP contribution in [0.2, 0.25) is 0 Å². The third-order valence-corrected chi connectivity index (χ3v) is 6.61. The topological polar surface area (TPSA) is 102 Å². The van der Waals surface area contributed by atoms with E-state index in [0.717, 1.165) is 19.4 Å². The fourth-order valence-electron chi connectivity index (χ4n) is 4.71. The largest absolute Gasteiger partial charge is 0.391 e. The maximum atomic E-state index is 13.5. The Bertz CT molecular complexity index is 994. The highest BCUT2D eigenvalue weighted by molar-refractivity contribution is 6.00. The minimum Gasteiger partial charge on any atom is -0.391 e. The van der Waals surface area contributed by atoms with Gasteiger partial charge in [-0.25, -0.2) is 0 Å². The van der Waals surface area contributed by atoms with Gasteiger partial charge in [0, 0.05) is 25.7 Å². The molecule has 2 fully saturated rings. The number of carbonyl (C=O) groups excluding carboxylic acids is 3. The molecule has 0 aromatic heterocycles. The summed E-state index contributed by atoms with van der Waals surface area (Å²) in [5.74, 6) is -0.902. The summed E-state index contributed by atoms with van der Waals surface area (Å²) in [7, 11) is 1.67. The Morgan fingerprint density at radius 2 is 1.74 bits per heavy atom. The number of aliphatic hydroxyl groups is 1. The zero-order chi connectivity index (χ0) is 24.1. The maximum Gasteiger partial charge on any atom is 0.253 e. The molecule has 3 N–H and O–H groups in total. The van der Waals surface area contributed by atoms with Crippen LogP contribution >= 0.6 is 0 Å². The van der Waals surface area contributed by atoms with Crippen molar-refractivity contribution >= 4 is 23.4 Å². The van der Waals surface area contributed by atoms with Gasteiger partial charge >= 0.3 is 0 Å². The van der Waals surface area contributed by atoms with Crippen LogP contribution in [0.25, 0.3) is 0 Å². The van der Waals surface area contributed by atoms with Gasteiger partial charge in [-0.15, -0.1) is 0 Å². The van der Waals surface area contributed by atoms with Crippen molar-refractivity contribution < 1.29 is 19.5 Å². The number of benzene rings is 2. The number of amides is 3. The van der Waals surface area contributed by atoms with E-state index >= 15 is 0 Å². The summed E-state index contributed by atoms with van der Waals surface area (Å²) >= 11 is 0. The molecular weight excluding hydrogens is 432 g/mol. The van der Waals surface area contributed by atoms with E-state index in [1.807, 2.05) is 48.5 Å². The first-order valence-corrected chi connectivity index (χ1v) is 11.9. The standard InChI is InChI=1S/C26H32N4O4/c1-29(19-12-6-3-7-13-19)26(34)23(18-10-4-2-5-11-18)28-24(32)22-16-20(31)17-30(22)25(33)21-14-8-9-15-27-21/h2-7,10-13,20-23,27,31H,8-9,14-17H2,1H3,(H,28,32)/t20-,21+,22+,23+/m1/s1. The summed E-state index contributed by atoms with van der Waals surface area (Å²) in [5, 5.41) is 16.4. The molecule has 180 valence electrons. The summed E-state index contributed by atoms with van der Waals surface area (Å²) in [6.07, 6.45) is 2.06. The van der Waals surface area contributed by atoms with E-state index < -0.39 is 24.1 Å². The van der Waals surface area contributed by atoms with Crippen molar-refractivity contribution in [2.24, 2.45) is 0 Å². The maximum absolute atomic E-state index is 13.5. The summed E-state index contributed by atoms with van der Waals surface area (Å²) in [5.41, 5.74) is 1.35. The Morgan fingerprint density at radius 1 is 1.06 bits per heavy atom. The number of carbonyl (C=O) groups is 3. The van der Waals surface area contributed by atoms with Gasteiger partial charge < -0.3 is 25.5 Å². The minimum absolute atomic E-state index is 0.114.